The molecule has 2 aromatic rings. The number of anilines is 1. The van der Waals surface area contributed by atoms with Gasteiger partial charge in [-0.3, -0.25) is 9.69 Å². The van der Waals surface area contributed by atoms with E-state index in [2.05, 4.69) is 36.5 Å². The number of carbonyl (C=O) groups is 1. The van der Waals surface area contributed by atoms with Crippen molar-refractivity contribution in [1.29, 1.82) is 0 Å². The first-order chi connectivity index (χ1) is 10.0. The maximum atomic E-state index is 12.0. The van der Waals surface area contributed by atoms with Gasteiger partial charge in [0.25, 0.3) is 0 Å². The molecular weight excluding hydrogens is 284 g/mol. The number of nitrogens with one attached hydrogen (secondary N) is 1. The number of para-hydroxylation sites is 1. The van der Waals surface area contributed by atoms with Gasteiger partial charge >= 0.3 is 0 Å². The van der Waals surface area contributed by atoms with Gasteiger partial charge in [-0.2, -0.15) is 0 Å². The Labute approximate surface area is 130 Å². The quantitative estimate of drug-likeness (QED) is 0.913. The molecule has 0 saturated carbocycles. The lowest BCUT2D eigenvalue weighted by atomic mass is 10.1. The molecule has 2 aromatic carbocycles. The number of rotatable bonds is 5. The number of carbonyl (C=O) groups excluding carboxylic acids is 1. The number of amides is 1. The molecule has 0 unspecified atom stereocenters. The van der Waals surface area contributed by atoms with Crippen LogP contribution in [0.15, 0.2) is 48.5 Å². The molecule has 0 bridgehead atoms. The second-order valence-electron chi connectivity index (χ2n) is 5.19. The first-order valence-corrected chi connectivity index (χ1v) is 7.21. The van der Waals surface area contributed by atoms with Crippen LogP contribution in [0.5, 0.6) is 0 Å². The molecule has 0 heterocycles. The summed E-state index contributed by atoms with van der Waals surface area (Å²) in [6.45, 7) is 3.11. The zero-order valence-electron chi connectivity index (χ0n) is 12.3. The molecule has 4 heteroatoms. The summed E-state index contributed by atoms with van der Waals surface area (Å²) in [6.07, 6.45) is 0. The van der Waals surface area contributed by atoms with Crippen LogP contribution in [0.2, 0.25) is 5.02 Å². The smallest absolute Gasteiger partial charge is 0.238 e. The van der Waals surface area contributed by atoms with Crippen molar-refractivity contribution < 1.29 is 4.79 Å². The van der Waals surface area contributed by atoms with Crippen molar-refractivity contribution >= 4 is 23.2 Å². The lowest BCUT2D eigenvalue weighted by Crippen LogP contribution is -2.29. The molecule has 0 aromatic heterocycles. The van der Waals surface area contributed by atoms with E-state index in [-0.39, 0.29) is 5.91 Å². The maximum Gasteiger partial charge on any atom is 0.238 e. The first-order valence-electron chi connectivity index (χ1n) is 6.83. The van der Waals surface area contributed by atoms with Gasteiger partial charge in [0.15, 0.2) is 0 Å². The molecule has 0 saturated heterocycles. The van der Waals surface area contributed by atoms with E-state index in [0.717, 1.165) is 6.54 Å². The van der Waals surface area contributed by atoms with Crippen molar-refractivity contribution in [3.8, 4) is 0 Å². The lowest BCUT2D eigenvalue weighted by Gasteiger charge is -2.16. The third-order valence-electron chi connectivity index (χ3n) is 3.13. The van der Waals surface area contributed by atoms with Crippen LogP contribution in [-0.2, 0) is 11.3 Å². The summed E-state index contributed by atoms with van der Waals surface area (Å²) >= 11 is 6.02. The zero-order valence-corrected chi connectivity index (χ0v) is 13.0. The highest BCUT2D eigenvalue weighted by molar-refractivity contribution is 6.33. The predicted octanol–water partition coefficient (Wildman–Crippen LogP) is 3.72. The second kappa shape index (κ2) is 7.25. The molecule has 0 aliphatic rings. The average Bonchev–Trinajstić information content (AvgIpc) is 2.44. The third kappa shape index (κ3) is 4.88. The minimum absolute atomic E-state index is 0.0716. The van der Waals surface area contributed by atoms with Gasteiger partial charge in [0.2, 0.25) is 5.91 Å². The van der Waals surface area contributed by atoms with Gasteiger partial charge in [-0.05, 0) is 31.7 Å². The number of halogens is 1. The van der Waals surface area contributed by atoms with Crippen LogP contribution in [-0.4, -0.2) is 24.4 Å². The van der Waals surface area contributed by atoms with E-state index in [1.807, 2.05) is 24.1 Å². The molecule has 21 heavy (non-hydrogen) atoms. The standard InChI is InChI=1S/C17H19ClN2O/c1-13-7-9-14(10-8-13)11-20(2)12-17(21)19-16-6-4-3-5-15(16)18/h3-10H,11-12H2,1-2H3,(H,19,21). The van der Waals surface area contributed by atoms with E-state index in [0.29, 0.717) is 17.3 Å². The highest BCUT2D eigenvalue weighted by atomic mass is 35.5. The van der Waals surface area contributed by atoms with Crippen molar-refractivity contribution in [1.82, 2.24) is 4.90 Å². The van der Waals surface area contributed by atoms with E-state index in [4.69, 9.17) is 11.6 Å². The summed E-state index contributed by atoms with van der Waals surface area (Å²) < 4.78 is 0. The molecule has 0 spiro atoms. The van der Waals surface area contributed by atoms with Gasteiger partial charge in [0.05, 0.1) is 17.3 Å². The van der Waals surface area contributed by atoms with Crippen molar-refractivity contribution in [2.75, 3.05) is 18.9 Å². The van der Waals surface area contributed by atoms with Gasteiger partial charge in [0.1, 0.15) is 0 Å². The summed E-state index contributed by atoms with van der Waals surface area (Å²) in [6, 6.07) is 15.5. The monoisotopic (exact) mass is 302 g/mol. The topological polar surface area (TPSA) is 32.3 Å². The van der Waals surface area contributed by atoms with Crippen LogP contribution in [0.4, 0.5) is 5.69 Å². The Morgan fingerprint density at radius 2 is 1.81 bits per heavy atom. The third-order valence-corrected chi connectivity index (χ3v) is 3.46. The highest BCUT2D eigenvalue weighted by Gasteiger charge is 2.09. The molecule has 0 aliphatic carbocycles. The molecule has 3 nitrogen and oxygen atoms in total. The fraction of sp³-hybridized carbons (Fsp3) is 0.235. The molecule has 0 atom stereocenters. The lowest BCUT2D eigenvalue weighted by molar-refractivity contribution is -0.117. The molecule has 1 amide bonds. The maximum absolute atomic E-state index is 12.0. The zero-order chi connectivity index (χ0) is 15.2. The van der Waals surface area contributed by atoms with E-state index in [9.17, 15) is 4.79 Å². The second-order valence-corrected chi connectivity index (χ2v) is 5.59. The fourth-order valence-corrected chi connectivity index (χ4v) is 2.24. The minimum Gasteiger partial charge on any atom is -0.324 e. The predicted molar refractivity (Wildman–Crippen MR) is 87.6 cm³/mol. The van der Waals surface area contributed by atoms with E-state index in [1.165, 1.54) is 11.1 Å². The van der Waals surface area contributed by atoms with Gasteiger partial charge < -0.3 is 5.32 Å². The molecule has 0 fully saturated rings. The van der Waals surface area contributed by atoms with E-state index >= 15 is 0 Å². The molecule has 110 valence electrons. The van der Waals surface area contributed by atoms with Crippen molar-refractivity contribution in [3.05, 3.63) is 64.7 Å². The van der Waals surface area contributed by atoms with E-state index < -0.39 is 0 Å². The SMILES string of the molecule is Cc1ccc(CN(C)CC(=O)Nc2ccccc2Cl)cc1. The molecule has 1 N–H and O–H groups in total. The summed E-state index contributed by atoms with van der Waals surface area (Å²) in [7, 11) is 1.92. The normalized spacial score (nSPS) is 10.7. The minimum atomic E-state index is -0.0716. The van der Waals surface area contributed by atoms with Crippen LogP contribution >= 0.6 is 11.6 Å². The van der Waals surface area contributed by atoms with Gasteiger partial charge in [0, 0.05) is 6.54 Å². The van der Waals surface area contributed by atoms with Crippen LogP contribution in [0, 0.1) is 6.92 Å². The number of nitrogens with zero attached hydrogens (tertiary/aromatic N) is 1. The highest BCUT2D eigenvalue weighted by Crippen LogP contribution is 2.20. The van der Waals surface area contributed by atoms with Crippen LogP contribution in [0.25, 0.3) is 0 Å². The summed E-state index contributed by atoms with van der Waals surface area (Å²) in [5.41, 5.74) is 3.07. The summed E-state index contributed by atoms with van der Waals surface area (Å²) in [5.74, 6) is -0.0716. The Morgan fingerprint density at radius 1 is 1.14 bits per heavy atom. The number of hydrogen-bond donors (Lipinski definition) is 1. The van der Waals surface area contributed by atoms with Gasteiger partial charge in [-0.25, -0.2) is 0 Å². The Bertz CT molecular complexity index is 610. The van der Waals surface area contributed by atoms with Crippen molar-refractivity contribution in [3.63, 3.8) is 0 Å². The Hall–Kier alpha value is -1.84. The molecular formula is C17H19ClN2O. The number of hydrogen-bond acceptors (Lipinski definition) is 2. The van der Waals surface area contributed by atoms with E-state index in [1.54, 1.807) is 12.1 Å². The van der Waals surface area contributed by atoms with Crippen LogP contribution in [0.3, 0.4) is 0 Å². The summed E-state index contributed by atoms with van der Waals surface area (Å²) in [4.78, 5) is 14.0. The van der Waals surface area contributed by atoms with Crippen LogP contribution in [0.1, 0.15) is 11.1 Å². The molecule has 2 rings (SSSR count). The largest absolute Gasteiger partial charge is 0.324 e. The fourth-order valence-electron chi connectivity index (χ4n) is 2.06. The number of likely N-dealkylation sites (N-methyl/N-ethyl adjacent to an activating group) is 1. The van der Waals surface area contributed by atoms with Gasteiger partial charge in [-0.15, -0.1) is 0 Å². The van der Waals surface area contributed by atoms with Crippen molar-refractivity contribution in [2.24, 2.45) is 0 Å². The van der Waals surface area contributed by atoms with Gasteiger partial charge in [-0.1, -0.05) is 53.6 Å². The van der Waals surface area contributed by atoms with Crippen molar-refractivity contribution in [2.45, 2.75) is 13.5 Å². The van der Waals surface area contributed by atoms with Crippen LogP contribution < -0.4 is 5.32 Å². The molecule has 0 aliphatic heterocycles. The Morgan fingerprint density at radius 3 is 2.48 bits per heavy atom. The number of aryl methyl sites for hydroxylation is 1. The summed E-state index contributed by atoms with van der Waals surface area (Å²) in [5, 5.41) is 3.37. The molecule has 0 radical (unpaired) electrons. The Kier molecular flexibility index (Phi) is 5.37. The Balaban J connectivity index is 1.87. The average molecular weight is 303 g/mol. The first kappa shape index (κ1) is 15.5. The number of benzene rings is 2.